The van der Waals surface area contributed by atoms with Crippen molar-refractivity contribution in [3.8, 4) is 11.5 Å². The van der Waals surface area contributed by atoms with Gasteiger partial charge in [0.15, 0.2) is 5.82 Å². The molecule has 0 radical (unpaired) electrons. The highest BCUT2D eigenvalue weighted by molar-refractivity contribution is 5.54. The number of H-pyrrole nitrogens is 1. The predicted molar refractivity (Wildman–Crippen MR) is 113 cm³/mol. The Bertz CT molecular complexity index is 767. The lowest BCUT2D eigenvalue weighted by atomic mass is 9.79. The first kappa shape index (κ1) is 19.4. The van der Waals surface area contributed by atoms with Crippen LogP contribution in [-0.4, -0.2) is 57.3 Å². The summed E-state index contributed by atoms with van der Waals surface area (Å²) in [7, 11) is 0. The van der Waals surface area contributed by atoms with Crippen LogP contribution < -0.4 is 4.90 Å². The lowest BCUT2D eigenvalue weighted by Gasteiger charge is -2.39. The summed E-state index contributed by atoms with van der Waals surface area (Å²) < 4.78 is 0. The largest absolute Gasteiger partial charge is 0.368 e. The van der Waals surface area contributed by atoms with Gasteiger partial charge in [-0.05, 0) is 42.7 Å². The maximum atomic E-state index is 4.60. The minimum atomic E-state index is 0.449. The SMILES string of the molecule is CCc1nc(-c2ccc(N3CCN(C4CCC(C(C)(C)C)C4)CC3)cn2)n[nH]1. The van der Waals surface area contributed by atoms with Gasteiger partial charge in [-0.25, -0.2) is 4.98 Å². The zero-order valence-corrected chi connectivity index (χ0v) is 17.8. The molecule has 1 saturated carbocycles. The van der Waals surface area contributed by atoms with Crippen molar-refractivity contribution in [2.24, 2.45) is 11.3 Å². The van der Waals surface area contributed by atoms with Crippen molar-refractivity contribution in [3.63, 3.8) is 0 Å². The summed E-state index contributed by atoms with van der Waals surface area (Å²) in [5.41, 5.74) is 2.48. The smallest absolute Gasteiger partial charge is 0.199 e. The number of aromatic nitrogens is 4. The molecule has 3 heterocycles. The Balaban J connectivity index is 1.33. The van der Waals surface area contributed by atoms with E-state index in [-0.39, 0.29) is 0 Å². The molecule has 2 fully saturated rings. The van der Waals surface area contributed by atoms with E-state index in [0.717, 1.165) is 56.1 Å². The van der Waals surface area contributed by atoms with Crippen molar-refractivity contribution in [1.82, 2.24) is 25.1 Å². The van der Waals surface area contributed by atoms with Crippen LogP contribution >= 0.6 is 0 Å². The molecule has 2 unspecified atom stereocenters. The highest BCUT2D eigenvalue weighted by Crippen LogP contribution is 2.41. The van der Waals surface area contributed by atoms with Crippen molar-refractivity contribution < 1.29 is 0 Å². The third-order valence-electron chi connectivity index (χ3n) is 6.67. The monoisotopic (exact) mass is 382 g/mol. The van der Waals surface area contributed by atoms with Crippen molar-refractivity contribution >= 4 is 5.69 Å². The minimum Gasteiger partial charge on any atom is -0.368 e. The highest BCUT2D eigenvalue weighted by Gasteiger charge is 2.36. The zero-order chi connectivity index (χ0) is 19.7. The lowest BCUT2D eigenvalue weighted by Crippen LogP contribution is -2.50. The number of nitrogens with zero attached hydrogens (tertiary/aromatic N) is 5. The van der Waals surface area contributed by atoms with Crippen molar-refractivity contribution in [2.45, 2.75) is 59.4 Å². The molecule has 1 aliphatic carbocycles. The van der Waals surface area contributed by atoms with Crippen LogP contribution in [-0.2, 0) is 6.42 Å². The van der Waals surface area contributed by atoms with Crippen LogP contribution in [0.3, 0.4) is 0 Å². The first-order valence-electron chi connectivity index (χ1n) is 10.8. The third kappa shape index (κ3) is 4.07. The highest BCUT2D eigenvalue weighted by atomic mass is 15.3. The van der Waals surface area contributed by atoms with Gasteiger partial charge >= 0.3 is 0 Å². The standard InChI is InChI=1S/C22H34N6/c1-5-20-24-21(26-25-20)19-9-8-18(15-23-19)28-12-10-27(11-13-28)17-7-6-16(14-17)22(2,3)4/h8-9,15-17H,5-7,10-14H2,1-4H3,(H,24,25,26). The van der Waals surface area contributed by atoms with Gasteiger partial charge in [0, 0.05) is 38.6 Å². The van der Waals surface area contributed by atoms with E-state index in [1.165, 1.54) is 24.9 Å². The molecule has 2 aromatic heterocycles. The Hall–Kier alpha value is -1.95. The number of pyridine rings is 1. The molecule has 0 spiro atoms. The average molecular weight is 383 g/mol. The predicted octanol–water partition coefficient (Wildman–Crippen LogP) is 3.77. The summed E-state index contributed by atoms with van der Waals surface area (Å²) >= 11 is 0. The van der Waals surface area contributed by atoms with Gasteiger partial charge in [-0.15, -0.1) is 0 Å². The molecule has 2 aromatic rings. The molecule has 0 amide bonds. The van der Waals surface area contributed by atoms with Gasteiger partial charge in [-0.3, -0.25) is 15.0 Å². The number of piperazine rings is 1. The van der Waals surface area contributed by atoms with Gasteiger partial charge in [0.2, 0.25) is 0 Å². The number of aryl methyl sites for hydroxylation is 1. The molecule has 28 heavy (non-hydrogen) atoms. The van der Waals surface area contributed by atoms with E-state index in [1.54, 1.807) is 0 Å². The van der Waals surface area contributed by atoms with E-state index >= 15 is 0 Å². The Kier molecular flexibility index (Phi) is 5.41. The van der Waals surface area contributed by atoms with Gasteiger partial charge in [-0.1, -0.05) is 27.7 Å². The fraction of sp³-hybridized carbons (Fsp3) is 0.682. The van der Waals surface area contributed by atoms with Gasteiger partial charge in [0.25, 0.3) is 0 Å². The molecule has 0 aromatic carbocycles. The normalized spacial score (nSPS) is 24.1. The van der Waals surface area contributed by atoms with Crippen molar-refractivity contribution in [3.05, 3.63) is 24.2 Å². The molecule has 6 nitrogen and oxygen atoms in total. The number of aromatic amines is 1. The van der Waals surface area contributed by atoms with E-state index in [1.807, 2.05) is 12.3 Å². The Labute approximate surface area is 168 Å². The van der Waals surface area contributed by atoms with E-state index < -0.39 is 0 Å². The molecule has 2 aliphatic rings. The topological polar surface area (TPSA) is 60.9 Å². The van der Waals surface area contributed by atoms with E-state index in [9.17, 15) is 0 Å². The third-order valence-corrected chi connectivity index (χ3v) is 6.67. The van der Waals surface area contributed by atoms with Gasteiger partial charge in [-0.2, -0.15) is 5.10 Å². The molecule has 152 valence electrons. The molecule has 6 heteroatoms. The molecule has 2 atom stereocenters. The van der Waals surface area contributed by atoms with Crippen LogP contribution in [0.5, 0.6) is 0 Å². The van der Waals surface area contributed by atoms with Crippen LogP contribution in [0.1, 0.15) is 52.8 Å². The van der Waals surface area contributed by atoms with Gasteiger partial charge in [0.05, 0.1) is 11.9 Å². The van der Waals surface area contributed by atoms with Crippen LogP contribution in [0, 0.1) is 11.3 Å². The van der Waals surface area contributed by atoms with E-state index in [2.05, 4.69) is 63.7 Å². The molecule has 1 aliphatic heterocycles. The quantitative estimate of drug-likeness (QED) is 0.872. The first-order chi connectivity index (χ1) is 13.4. The molecular weight excluding hydrogens is 348 g/mol. The second-order valence-electron chi connectivity index (χ2n) is 9.41. The zero-order valence-electron chi connectivity index (χ0n) is 17.8. The van der Waals surface area contributed by atoms with Crippen LogP contribution in [0.25, 0.3) is 11.5 Å². The summed E-state index contributed by atoms with van der Waals surface area (Å²) in [4.78, 5) is 14.3. The van der Waals surface area contributed by atoms with Crippen LogP contribution in [0.2, 0.25) is 0 Å². The van der Waals surface area contributed by atoms with E-state index in [4.69, 9.17) is 0 Å². The second-order valence-corrected chi connectivity index (χ2v) is 9.41. The Morgan fingerprint density at radius 2 is 1.89 bits per heavy atom. The van der Waals surface area contributed by atoms with Gasteiger partial charge < -0.3 is 4.90 Å². The summed E-state index contributed by atoms with van der Waals surface area (Å²) in [6.45, 7) is 13.7. The number of hydrogen-bond donors (Lipinski definition) is 1. The summed E-state index contributed by atoms with van der Waals surface area (Å²) in [5.74, 6) is 2.46. The average Bonchev–Trinajstić information content (AvgIpc) is 3.38. The molecular formula is C22H34N6. The summed E-state index contributed by atoms with van der Waals surface area (Å²) in [6, 6.07) is 4.98. The molecule has 1 N–H and O–H groups in total. The molecule has 1 saturated heterocycles. The molecule has 4 rings (SSSR count). The number of nitrogens with one attached hydrogen (secondary N) is 1. The lowest BCUT2D eigenvalue weighted by molar-refractivity contribution is 0.167. The first-order valence-corrected chi connectivity index (χ1v) is 10.8. The summed E-state index contributed by atoms with van der Waals surface area (Å²) in [5, 5.41) is 7.22. The van der Waals surface area contributed by atoms with Crippen LogP contribution in [0.15, 0.2) is 18.3 Å². The second kappa shape index (κ2) is 7.82. The Morgan fingerprint density at radius 1 is 1.11 bits per heavy atom. The number of hydrogen-bond acceptors (Lipinski definition) is 5. The molecule has 0 bridgehead atoms. The number of anilines is 1. The van der Waals surface area contributed by atoms with Gasteiger partial charge in [0.1, 0.15) is 11.5 Å². The fourth-order valence-corrected chi connectivity index (χ4v) is 4.69. The maximum Gasteiger partial charge on any atom is 0.199 e. The summed E-state index contributed by atoms with van der Waals surface area (Å²) in [6.07, 6.45) is 6.95. The fourth-order valence-electron chi connectivity index (χ4n) is 4.69. The number of rotatable bonds is 4. The minimum absolute atomic E-state index is 0.449. The Morgan fingerprint density at radius 3 is 2.46 bits per heavy atom. The van der Waals surface area contributed by atoms with E-state index in [0.29, 0.717) is 11.2 Å². The van der Waals surface area contributed by atoms with Crippen molar-refractivity contribution in [2.75, 3.05) is 31.1 Å². The van der Waals surface area contributed by atoms with Crippen LogP contribution in [0.4, 0.5) is 5.69 Å². The maximum absolute atomic E-state index is 4.60. The van der Waals surface area contributed by atoms with Crippen molar-refractivity contribution in [1.29, 1.82) is 0 Å².